The highest BCUT2D eigenvalue weighted by Gasteiger charge is 2.31. The molecule has 0 radical (unpaired) electrons. The first-order valence-corrected chi connectivity index (χ1v) is 5.80. The van der Waals surface area contributed by atoms with Gasteiger partial charge in [0.05, 0.1) is 13.2 Å². The van der Waals surface area contributed by atoms with E-state index in [-0.39, 0.29) is 12.7 Å². The van der Waals surface area contributed by atoms with Crippen LogP contribution in [0.5, 0.6) is 0 Å². The fraction of sp³-hybridized carbons (Fsp3) is 0.462. The second-order valence-corrected chi connectivity index (χ2v) is 4.55. The molecule has 1 aliphatic heterocycles. The van der Waals surface area contributed by atoms with E-state index in [2.05, 4.69) is 13.8 Å². The standard InChI is InChI=1S/C13H17NO3/c1-9(2)10-3-5-11(6-4-10)14-7-12(8-15)17-13(14)16/h3-6,9,12,15H,7-8H2,1-2H3. The van der Waals surface area contributed by atoms with Crippen LogP contribution in [0.15, 0.2) is 24.3 Å². The number of hydrogen-bond donors (Lipinski definition) is 1. The normalized spacial score (nSPS) is 19.9. The van der Waals surface area contributed by atoms with Gasteiger partial charge in [-0.3, -0.25) is 4.90 Å². The van der Waals surface area contributed by atoms with Crippen LogP contribution in [0.25, 0.3) is 0 Å². The van der Waals surface area contributed by atoms with Crippen molar-refractivity contribution in [1.82, 2.24) is 0 Å². The smallest absolute Gasteiger partial charge is 0.414 e. The molecule has 0 spiro atoms. The van der Waals surface area contributed by atoms with E-state index in [0.29, 0.717) is 12.5 Å². The number of aliphatic hydroxyl groups excluding tert-OH is 1. The van der Waals surface area contributed by atoms with Crippen molar-refractivity contribution in [3.05, 3.63) is 29.8 Å². The van der Waals surface area contributed by atoms with Gasteiger partial charge in [0.1, 0.15) is 6.10 Å². The Hall–Kier alpha value is -1.55. The zero-order valence-electron chi connectivity index (χ0n) is 10.1. The molecule has 1 fully saturated rings. The maximum atomic E-state index is 11.6. The Morgan fingerprint density at radius 1 is 1.41 bits per heavy atom. The Bertz CT molecular complexity index is 400. The largest absolute Gasteiger partial charge is 0.441 e. The van der Waals surface area contributed by atoms with Crippen LogP contribution < -0.4 is 4.90 Å². The number of hydrogen-bond acceptors (Lipinski definition) is 3. The monoisotopic (exact) mass is 235 g/mol. The Kier molecular flexibility index (Phi) is 3.33. The molecule has 1 atom stereocenters. The summed E-state index contributed by atoms with van der Waals surface area (Å²) >= 11 is 0. The highest BCUT2D eigenvalue weighted by atomic mass is 16.6. The minimum absolute atomic E-state index is 0.133. The van der Waals surface area contributed by atoms with Crippen molar-refractivity contribution in [3.63, 3.8) is 0 Å². The van der Waals surface area contributed by atoms with Crippen molar-refractivity contribution in [1.29, 1.82) is 0 Å². The lowest BCUT2D eigenvalue weighted by Gasteiger charge is -2.14. The topological polar surface area (TPSA) is 49.8 Å². The molecule has 1 aromatic carbocycles. The van der Waals surface area contributed by atoms with Gasteiger partial charge in [-0.05, 0) is 23.6 Å². The number of nitrogens with zero attached hydrogens (tertiary/aromatic N) is 1. The molecule has 0 aliphatic carbocycles. The molecule has 0 saturated carbocycles. The number of cyclic esters (lactones) is 1. The zero-order chi connectivity index (χ0) is 12.4. The lowest BCUT2D eigenvalue weighted by Crippen LogP contribution is -2.25. The summed E-state index contributed by atoms with van der Waals surface area (Å²) in [6, 6.07) is 7.85. The van der Waals surface area contributed by atoms with E-state index in [1.54, 1.807) is 4.90 Å². The fourth-order valence-corrected chi connectivity index (χ4v) is 1.87. The van der Waals surface area contributed by atoms with Crippen LogP contribution in [0.3, 0.4) is 0 Å². The number of benzene rings is 1. The van der Waals surface area contributed by atoms with Gasteiger partial charge in [0, 0.05) is 5.69 Å². The van der Waals surface area contributed by atoms with Crippen LogP contribution in [0.2, 0.25) is 0 Å². The number of carbonyl (C=O) groups excluding carboxylic acids is 1. The van der Waals surface area contributed by atoms with Crippen molar-refractivity contribution in [2.24, 2.45) is 0 Å². The molecule has 1 aliphatic rings. The van der Waals surface area contributed by atoms with Crippen LogP contribution >= 0.6 is 0 Å². The van der Waals surface area contributed by atoms with E-state index in [1.165, 1.54) is 5.56 Å². The summed E-state index contributed by atoms with van der Waals surface area (Å²) in [4.78, 5) is 13.1. The predicted octanol–water partition coefficient (Wildman–Crippen LogP) is 2.13. The first kappa shape index (κ1) is 11.9. The molecule has 4 heteroatoms. The summed E-state index contributed by atoms with van der Waals surface area (Å²) < 4.78 is 4.99. The van der Waals surface area contributed by atoms with E-state index in [4.69, 9.17) is 9.84 Å². The quantitative estimate of drug-likeness (QED) is 0.873. The molecule has 17 heavy (non-hydrogen) atoms. The molecule has 92 valence electrons. The van der Waals surface area contributed by atoms with Gasteiger partial charge in [-0.25, -0.2) is 4.79 Å². The first-order valence-electron chi connectivity index (χ1n) is 5.80. The van der Waals surface area contributed by atoms with E-state index >= 15 is 0 Å². The van der Waals surface area contributed by atoms with Crippen LogP contribution in [0.1, 0.15) is 25.3 Å². The third-order valence-electron chi connectivity index (χ3n) is 2.95. The van der Waals surface area contributed by atoms with Crippen molar-refractivity contribution >= 4 is 11.8 Å². The summed E-state index contributed by atoms with van der Waals surface area (Å²) in [5.41, 5.74) is 2.05. The molecule has 1 N–H and O–H groups in total. The van der Waals surface area contributed by atoms with E-state index in [9.17, 15) is 4.79 Å². The number of aliphatic hydroxyl groups is 1. The summed E-state index contributed by atoms with van der Waals surface area (Å²) in [6.07, 6.45) is -0.798. The molecule has 0 bridgehead atoms. The van der Waals surface area contributed by atoms with Gasteiger partial charge in [-0.15, -0.1) is 0 Å². The highest BCUT2D eigenvalue weighted by molar-refractivity contribution is 5.89. The predicted molar refractivity (Wildman–Crippen MR) is 65.2 cm³/mol. The Morgan fingerprint density at radius 2 is 2.06 bits per heavy atom. The van der Waals surface area contributed by atoms with Crippen LogP contribution in [0, 0.1) is 0 Å². The number of anilines is 1. The Labute approximate surface area is 101 Å². The fourth-order valence-electron chi connectivity index (χ4n) is 1.87. The third kappa shape index (κ3) is 2.42. The molecule has 0 aromatic heterocycles. The van der Waals surface area contributed by atoms with Gasteiger partial charge in [0.25, 0.3) is 0 Å². The number of rotatable bonds is 3. The minimum Gasteiger partial charge on any atom is -0.441 e. The number of carbonyl (C=O) groups is 1. The van der Waals surface area contributed by atoms with Crippen LogP contribution in [-0.2, 0) is 4.74 Å². The van der Waals surface area contributed by atoms with Gasteiger partial charge >= 0.3 is 6.09 Å². The molecular formula is C13H17NO3. The summed E-state index contributed by atoms with van der Waals surface area (Å²) in [5.74, 6) is 0.472. The van der Waals surface area contributed by atoms with Gasteiger partial charge in [0.2, 0.25) is 0 Å². The molecule has 1 unspecified atom stereocenters. The average Bonchev–Trinajstić information content (AvgIpc) is 2.71. The molecule has 1 aromatic rings. The molecule has 2 rings (SSSR count). The molecule has 1 heterocycles. The van der Waals surface area contributed by atoms with Crippen molar-refractivity contribution in [2.75, 3.05) is 18.1 Å². The maximum Gasteiger partial charge on any atom is 0.414 e. The molecule has 1 amide bonds. The summed E-state index contributed by atoms with van der Waals surface area (Å²) in [7, 11) is 0. The number of ether oxygens (including phenoxy) is 1. The second kappa shape index (κ2) is 4.75. The Balaban J connectivity index is 2.15. The van der Waals surface area contributed by atoms with E-state index in [0.717, 1.165) is 5.69 Å². The second-order valence-electron chi connectivity index (χ2n) is 4.55. The Morgan fingerprint density at radius 3 is 2.53 bits per heavy atom. The van der Waals surface area contributed by atoms with Gasteiger partial charge < -0.3 is 9.84 Å². The third-order valence-corrected chi connectivity index (χ3v) is 2.95. The average molecular weight is 235 g/mol. The van der Waals surface area contributed by atoms with E-state index < -0.39 is 6.10 Å². The highest BCUT2D eigenvalue weighted by Crippen LogP contribution is 2.24. The van der Waals surface area contributed by atoms with Gasteiger partial charge in [-0.2, -0.15) is 0 Å². The van der Waals surface area contributed by atoms with Crippen molar-refractivity contribution in [2.45, 2.75) is 25.9 Å². The first-order chi connectivity index (χ1) is 8.11. The minimum atomic E-state index is -0.410. The lowest BCUT2D eigenvalue weighted by molar-refractivity contribution is 0.0963. The lowest BCUT2D eigenvalue weighted by atomic mass is 10.0. The van der Waals surface area contributed by atoms with Crippen LogP contribution in [-0.4, -0.2) is 30.5 Å². The maximum absolute atomic E-state index is 11.6. The van der Waals surface area contributed by atoms with Crippen molar-refractivity contribution < 1.29 is 14.6 Å². The van der Waals surface area contributed by atoms with Gasteiger partial charge in [-0.1, -0.05) is 26.0 Å². The number of amides is 1. The van der Waals surface area contributed by atoms with Crippen LogP contribution in [0.4, 0.5) is 10.5 Å². The molecule has 4 nitrogen and oxygen atoms in total. The summed E-state index contributed by atoms with van der Waals surface area (Å²) in [5, 5.41) is 8.96. The summed E-state index contributed by atoms with van der Waals surface area (Å²) in [6.45, 7) is 4.53. The zero-order valence-corrected chi connectivity index (χ0v) is 10.1. The van der Waals surface area contributed by atoms with Crippen molar-refractivity contribution in [3.8, 4) is 0 Å². The molecular weight excluding hydrogens is 218 g/mol. The molecule has 1 saturated heterocycles. The van der Waals surface area contributed by atoms with E-state index in [1.807, 2.05) is 24.3 Å². The van der Waals surface area contributed by atoms with Gasteiger partial charge in [0.15, 0.2) is 0 Å². The SMILES string of the molecule is CC(C)c1ccc(N2CC(CO)OC2=O)cc1.